The van der Waals surface area contributed by atoms with Crippen LogP contribution >= 0.6 is 0 Å². The highest BCUT2D eigenvalue weighted by Crippen LogP contribution is 2.18. The molecule has 1 aromatic rings. The third-order valence-corrected chi connectivity index (χ3v) is 5.34. The number of hydrogen-bond acceptors (Lipinski definition) is 4. The van der Waals surface area contributed by atoms with Crippen LogP contribution in [-0.4, -0.2) is 50.2 Å². The average Bonchev–Trinajstić information content (AvgIpc) is 2.63. The molecule has 1 amide bonds. The van der Waals surface area contributed by atoms with Crippen molar-refractivity contribution in [3.05, 3.63) is 29.8 Å². The van der Waals surface area contributed by atoms with E-state index in [0.29, 0.717) is 19.5 Å². The van der Waals surface area contributed by atoms with Crippen LogP contribution in [0.2, 0.25) is 0 Å². The van der Waals surface area contributed by atoms with Crippen molar-refractivity contribution < 1.29 is 13.2 Å². The SMILES string of the molecule is CN1CCCN(S(=O)(=O)c2ccc(CC#N)cc2)CC1=O. The van der Waals surface area contributed by atoms with E-state index in [-0.39, 0.29) is 23.8 Å². The Morgan fingerprint density at radius 3 is 2.52 bits per heavy atom. The van der Waals surface area contributed by atoms with Crippen molar-refractivity contribution in [3.63, 3.8) is 0 Å². The summed E-state index contributed by atoms with van der Waals surface area (Å²) in [5, 5.41) is 8.62. The minimum atomic E-state index is -3.67. The largest absolute Gasteiger partial charge is 0.345 e. The van der Waals surface area contributed by atoms with E-state index in [1.54, 1.807) is 24.1 Å². The van der Waals surface area contributed by atoms with Gasteiger partial charge in [-0.3, -0.25) is 4.79 Å². The van der Waals surface area contributed by atoms with E-state index in [0.717, 1.165) is 5.56 Å². The summed E-state index contributed by atoms with van der Waals surface area (Å²) in [6.07, 6.45) is 0.862. The van der Waals surface area contributed by atoms with E-state index in [1.165, 1.54) is 16.4 Å². The minimum absolute atomic E-state index is 0.126. The number of hydrogen-bond donors (Lipinski definition) is 0. The zero-order chi connectivity index (χ0) is 15.5. The summed E-state index contributed by atoms with van der Waals surface area (Å²) in [5.74, 6) is -0.197. The zero-order valence-electron chi connectivity index (χ0n) is 11.8. The summed E-state index contributed by atoms with van der Waals surface area (Å²) in [6.45, 7) is 0.767. The third-order valence-electron chi connectivity index (χ3n) is 3.48. The predicted molar refractivity (Wildman–Crippen MR) is 76.8 cm³/mol. The van der Waals surface area contributed by atoms with Gasteiger partial charge in [-0.2, -0.15) is 9.57 Å². The summed E-state index contributed by atoms with van der Waals surface area (Å²) >= 11 is 0. The Balaban J connectivity index is 2.24. The van der Waals surface area contributed by atoms with Gasteiger partial charge in [-0.25, -0.2) is 8.42 Å². The quantitative estimate of drug-likeness (QED) is 0.819. The van der Waals surface area contributed by atoms with Crippen LogP contribution in [0.5, 0.6) is 0 Å². The lowest BCUT2D eigenvalue weighted by Gasteiger charge is -2.19. The molecule has 1 heterocycles. The molecule has 21 heavy (non-hydrogen) atoms. The maximum absolute atomic E-state index is 12.6. The molecule has 112 valence electrons. The molecule has 0 unspecified atom stereocenters. The van der Waals surface area contributed by atoms with E-state index in [9.17, 15) is 13.2 Å². The van der Waals surface area contributed by atoms with Gasteiger partial charge in [-0.15, -0.1) is 0 Å². The van der Waals surface area contributed by atoms with Crippen molar-refractivity contribution in [1.29, 1.82) is 5.26 Å². The van der Waals surface area contributed by atoms with Crippen molar-refractivity contribution in [2.75, 3.05) is 26.7 Å². The molecule has 0 aliphatic carbocycles. The first-order chi connectivity index (χ1) is 9.95. The van der Waals surface area contributed by atoms with Gasteiger partial charge in [0, 0.05) is 20.1 Å². The van der Waals surface area contributed by atoms with Crippen molar-refractivity contribution in [2.24, 2.45) is 0 Å². The van der Waals surface area contributed by atoms with Crippen molar-refractivity contribution >= 4 is 15.9 Å². The highest BCUT2D eigenvalue weighted by molar-refractivity contribution is 7.89. The number of amides is 1. The van der Waals surface area contributed by atoms with Crippen molar-refractivity contribution in [1.82, 2.24) is 9.21 Å². The van der Waals surface area contributed by atoms with Crippen LogP contribution in [0.1, 0.15) is 12.0 Å². The van der Waals surface area contributed by atoms with Gasteiger partial charge in [0.2, 0.25) is 15.9 Å². The Hall–Kier alpha value is -1.91. The summed E-state index contributed by atoms with van der Waals surface area (Å²) in [6, 6.07) is 8.24. The van der Waals surface area contributed by atoms with Gasteiger partial charge in [-0.05, 0) is 24.1 Å². The molecule has 1 aromatic carbocycles. The molecule has 0 radical (unpaired) electrons. The third kappa shape index (κ3) is 3.40. The van der Waals surface area contributed by atoms with Crippen LogP contribution in [0, 0.1) is 11.3 Å². The van der Waals surface area contributed by atoms with E-state index in [1.807, 2.05) is 6.07 Å². The molecule has 2 rings (SSSR count). The number of sulfonamides is 1. The molecule has 0 atom stereocenters. The topological polar surface area (TPSA) is 81.5 Å². The van der Waals surface area contributed by atoms with Gasteiger partial charge in [-0.1, -0.05) is 12.1 Å². The lowest BCUT2D eigenvalue weighted by atomic mass is 10.2. The van der Waals surface area contributed by atoms with E-state index in [4.69, 9.17) is 5.26 Å². The van der Waals surface area contributed by atoms with Gasteiger partial charge in [0.1, 0.15) is 0 Å². The first-order valence-corrected chi connectivity index (χ1v) is 8.09. The maximum Gasteiger partial charge on any atom is 0.243 e. The summed E-state index contributed by atoms with van der Waals surface area (Å²) in [5.41, 5.74) is 0.767. The Bertz CT molecular complexity index is 662. The number of nitriles is 1. The van der Waals surface area contributed by atoms with Crippen LogP contribution in [0.25, 0.3) is 0 Å². The van der Waals surface area contributed by atoms with Crippen molar-refractivity contribution in [2.45, 2.75) is 17.7 Å². The second kappa shape index (κ2) is 6.24. The van der Waals surface area contributed by atoms with Crippen LogP contribution in [0.15, 0.2) is 29.2 Å². The number of likely N-dealkylation sites (N-methyl/N-ethyl adjacent to an activating group) is 1. The first kappa shape index (κ1) is 15.5. The fourth-order valence-corrected chi connectivity index (χ4v) is 3.61. The molecule has 1 aliphatic heterocycles. The lowest BCUT2D eigenvalue weighted by molar-refractivity contribution is -0.129. The van der Waals surface area contributed by atoms with E-state index < -0.39 is 10.0 Å². The second-order valence-electron chi connectivity index (χ2n) is 4.99. The molecular weight excluding hydrogens is 290 g/mol. The Kier molecular flexibility index (Phi) is 4.60. The molecule has 0 spiro atoms. The van der Waals surface area contributed by atoms with Crippen molar-refractivity contribution in [3.8, 4) is 6.07 Å². The van der Waals surface area contributed by atoms with E-state index >= 15 is 0 Å². The van der Waals surface area contributed by atoms with Gasteiger partial charge in [0.25, 0.3) is 0 Å². The number of rotatable bonds is 3. The van der Waals surface area contributed by atoms with Crippen LogP contribution in [0.3, 0.4) is 0 Å². The second-order valence-corrected chi connectivity index (χ2v) is 6.92. The number of carbonyl (C=O) groups is 1. The molecule has 6 nitrogen and oxygen atoms in total. The molecule has 0 saturated carbocycles. The molecule has 7 heteroatoms. The summed E-state index contributed by atoms with van der Waals surface area (Å²) in [4.78, 5) is 13.5. The number of carbonyl (C=O) groups excluding carboxylic acids is 1. The molecule has 0 aromatic heterocycles. The van der Waals surface area contributed by atoms with E-state index in [2.05, 4.69) is 0 Å². The molecular formula is C14H17N3O3S. The highest BCUT2D eigenvalue weighted by Gasteiger charge is 2.29. The smallest absolute Gasteiger partial charge is 0.243 e. The fraction of sp³-hybridized carbons (Fsp3) is 0.429. The van der Waals surface area contributed by atoms with Crippen LogP contribution in [-0.2, 0) is 21.2 Å². The Morgan fingerprint density at radius 1 is 1.24 bits per heavy atom. The van der Waals surface area contributed by atoms with Gasteiger partial charge in [0.05, 0.1) is 23.9 Å². The maximum atomic E-state index is 12.6. The lowest BCUT2D eigenvalue weighted by Crippen LogP contribution is -2.37. The predicted octanol–water partition coefficient (Wildman–Crippen LogP) is 0.605. The standard InChI is InChI=1S/C14H17N3O3S/c1-16-9-2-10-17(11-14(16)18)21(19,20)13-5-3-12(4-6-13)7-8-15/h3-6H,2,7,9-11H2,1H3. The molecule has 1 saturated heterocycles. The minimum Gasteiger partial charge on any atom is -0.345 e. The molecule has 1 fully saturated rings. The van der Waals surface area contributed by atoms with Crippen LogP contribution in [0.4, 0.5) is 0 Å². The first-order valence-electron chi connectivity index (χ1n) is 6.65. The molecule has 0 N–H and O–H groups in total. The zero-order valence-corrected chi connectivity index (χ0v) is 12.6. The molecule has 0 bridgehead atoms. The fourth-order valence-electron chi connectivity index (χ4n) is 2.18. The Labute approximate surface area is 124 Å². The normalized spacial score (nSPS) is 17.3. The van der Waals surface area contributed by atoms with Gasteiger partial charge in [0.15, 0.2) is 0 Å². The summed E-state index contributed by atoms with van der Waals surface area (Å²) < 4.78 is 26.3. The molecule has 1 aliphatic rings. The van der Waals surface area contributed by atoms with Crippen LogP contribution < -0.4 is 0 Å². The monoisotopic (exact) mass is 307 g/mol. The highest BCUT2D eigenvalue weighted by atomic mass is 32.2. The van der Waals surface area contributed by atoms with Gasteiger partial charge < -0.3 is 4.90 Å². The summed E-state index contributed by atoms with van der Waals surface area (Å²) in [7, 11) is -1.99. The number of benzene rings is 1. The Morgan fingerprint density at radius 2 is 1.90 bits per heavy atom. The number of nitrogens with zero attached hydrogens (tertiary/aromatic N) is 3. The van der Waals surface area contributed by atoms with Gasteiger partial charge >= 0.3 is 0 Å². The average molecular weight is 307 g/mol.